The van der Waals surface area contributed by atoms with Gasteiger partial charge in [-0.1, -0.05) is 6.92 Å². The molecule has 0 aromatic rings. The maximum Gasteiger partial charge on any atom is 0.0986 e. The van der Waals surface area contributed by atoms with E-state index in [4.69, 9.17) is 9.47 Å². The van der Waals surface area contributed by atoms with E-state index in [0.29, 0.717) is 12.1 Å². The zero-order chi connectivity index (χ0) is 10.8. The highest BCUT2D eigenvalue weighted by atomic mass is 16.5. The van der Waals surface area contributed by atoms with Gasteiger partial charge in [0.15, 0.2) is 0 Å². The molecule has 0 heterocycles. The molecule has 0 radical (unpaired) electrons. The SMILES string of the molecule is CCOC1CC(NCC2CC2C)C1OC. The number of rotatable bonds is 6. The second-order valence-electron chi connectivity index (χ2n) is 4.92. The predicted octanol–water partition coefficient (Wildman–Crippen LogP) is 1.42. The Balaban J connectivity index is 1.66. The fourth-order valence-electron chi connectivity index (χ4n) is 2.46. The lowest BCUT2D eigenvalue weighted by atomic mass is 9.85. The van der Waals surface area contributed by atoms with Gasteiger partial charge in [-0.15, -0.1) is 0 Å². The molecule has 0 aromatic heterocycles. The number of methoxy groups -OCH3 is 1. The maximum atomic E-state index is 5.59. The summed E-state index contributed by atoms with van der Waals surface area (Å²) < 4.78 is 11.0. The topological polar surface area (TPSA) is 30.5 Å². The largest absolute Gasteiger partial charge is 0.377 e. The molecule has 2 aliphatic carbocycles. The molecule has 5 unspecified atom stereocenters. The minimum absolute atomic E-state index is 0.263. The first kappa shape index (κ1) is 11.4. The van der Waals surface area contributed by atoms with Crippen LogP contribution in [0.2, 0.25) is 0 Å². The molecule has 1 N–H and O–H groups in total. The zero-order valence-corrected chi connectivity index (χ0v) is 10.0. The molecule has 0 aliphatic heterocycles. The van der Waals surface area contributed by atoms with Crippen molar-refractivity contribution >= 4 is 0 Å². The Hall–Kier alpha value is -0.120. The van der Waals surface area contributed by atoms with Crippen LogP contribution in [-0.2, 0) is 9.47 Å². The molecule has 0 saturated heterocycles. The van der Waals surface area contributed by atoms with Gasteiger partial charge in [0.05, 0.1) is 12.2 Å². The van der Waals surface area contributed by atoms with E-state index < -0.39 is 0 Å². The Bertz CT molecular complexity index is 210. The summed E-state index contributed by atoms with van der Waals surface area (Å²) in [6.45, 7) is 6.31. The molecular formula is C12H23NO2. The van der Waals surface area contributed by atoms with Gasteiger partial charge in [0.2, 0.25) is 0 Å². The third-order valence-corrected chi connectivity index (χ3v) is 3.82. The van der Waals surface area contributed by atoms with Crippen molar-refractivity contribution in [3.63, 3.8) is 0 Å². The Labute approximate surface area is 92.5 Å². The van der Waals surface area contributed by atoms with E-state index in [1.807, 2.05) is 6.92 Å². The molecule has 2 saturated carbocycles. The fourth-order valence-corrected chi connectivity index (χ4v) is 2.46. The summed E-state index contributed by atoms with van der Waals surface area (Å²) in [6, 6.07) is 0.513. The van der Waals surface area contributed by atoms with Gasteiger partial charge in [-0.05, 0) is 38.1 Å². The van der Waals surface area contributed by atoms with Crippen LogP contribution in [0.4, 0.5) is 0 Å². The summed E-state index contributed by atoms with van der Waals surface area (Å²) in [7, 11) is 1.78. The lowest BCUT2D eigenvalue weighted by Gasteiger charge is -2.43. The van der Waals surface area contributed by atoms with Crippen molar-refractivity contribution in [2.45, 2.75) is 44.9 Å². The minimum Gasteiger partial charge on any atom is -0.377 e. The summed E-state index contributed by atoms with van der Waals surface area (Å²) in [5, 5.41) is 3.60. The second kappa shape index (κ2) is 4.81. The third kappa shape index (κ3) is 2.52. The van der Waals surface area contributed by atoms with Gasteiger partial charge in [0.25, 0.3) is 0 Å². The van der Waals surface area contributed by atoms with E-state index in [-0.39, 0.29) is 6.10 Å². The molecule has 5 atom stereocenters. The molecule has 0 aromatic carbocycles. The fraction of sp³-hybridized carbons (Fsp3) is 1.00. The van der Waals surface area contributed by atoms with Crippen molar-refractivity contribution in [2.24, 2.45) is 11.8 Å². The molecule has 0 bridgehead atoms. The average Bonchev–Trinajstić information content (AvgIpc) is 2.87. The Morgan fingerprint density at radius 2 is 2.07 bits per heavy atom. The first-order chi connectivity index (χ1) is 7.26. The highest BCUT2D eigenvalue weighted by Gasteiger charge is 2.43. The molecule has 0 amide bonds. The lowest BCUT2D eigenvalue weighted by Crippen LogP contribution is -2.60. The summed E-state index contributed by atoms with van der Waals surface area (Å²) in [4.78, 5) is 0. The first-order valence-electron chi connectivity index (χ1n) is 6.14. The van der Waals surface area contributed by atoms with Crippen molar-refractivity contribution in [3.8, 4) is 0 Å². The highest BCUT2D eigenvalue weighted by Crippen LogP contribution is 2.37. The summed E-state index contributed by atoms with van der Waals surface area (Å²) in [5.74, 6) is 1.84. The Kier molecular flexibility index (Phi) is 3.65. The smallest absolute Gasteiger partial charge is 0.0986 e. The number of hydrogen-bond acceptors (Lipinski definition) is 3. The number of nitrogens with one attached hydrogen (secondary N) is 1. The molecule has 2 aliphatic rings. The average molecular weight is 213 g/mol. The van der Waals surface area contributed by atoms with Crippen LogP contribution in [0.1, 0.15) is 26.7 Å². The molecular weight excluding hydrogens is 190 g/mol. The standard InChI is InChI=1S/C12H23NO2/c1-4-15-11-6-10(12(11)14-3)13-7-9-5-8(9)2/h8-13H,4-7H2,1-3H3. The van der Waals surface area contributed by atoms with Crippen LogP contribution in [0.3, 0.4) is 0 Å². The summed E-state index contributed by atoms with van der Waals surface area (Å²) in [5.41, 5.74) is 0. The zero-order valence-electron chi connectivity index (χ0n) is 10.0. The predicted molar refractivity (Wildman–Crippen MR) is 59.9 cm³/mol. The first-order valence-corrected chi connectivity index (χ1v) is 6.14. The third-order valence-electron chi connectivity index (χ3n) is 3.82. The molecule has 88 valence electrons. The van der Waals surface area contributed by atoms with Crippen molar-refractivity contribution in [3.05, 3.63) is 0 Å². The van der Waals surface area contributed by atoms with E-state index in [9.17, 15) is 0 Å². The number of hydrogen-bond donors (Lipinski definition) is 1. The Morgan fingerprint density at radius 3 is 2.60 bits per heavy atom. The minimum atomic E-state index is 0.263. The maximum absolute atomic E-state index is 5.59. The van der Waals surface area contributed by atoms with Crippen molar-refractivity contribution in [2.75, 3.05) is 20.3 Å². The molecule has 2 rings (SSSR count). The van der Waals surface area contributed by atoms with Crippen LogP contribution in [0.15, 0.2) is 0 Å². The van der Waals surface area contributed by atoms with Crippen molar-refractivity contribution in [1.82, 2.24) is 5.32 Å². The normalized spacial score (nSPS) is 43.8. The van der Waals surface area contributed by atoms with E-state index >= 15 is 0 Å². The molecule has 2 fully saturated rings. The number of ether oxygens (including phenoxy) is 2. The van der Waals surface area contributed by atoms with Gasteiger partial charge in [-0.2, -0.15) is 0 Å². The van der Waals surface area contributed by atoms with Crippen LogP contribution in [-0.4, -0.2) is 38.5 Å². The van der Waals surface area contributed by atoms with Gasteiger partial charge in [-0.3, -0.25) is 0 Å². The van der Waals surface area contributed by atoms with Gasteiger partial charge in [0, 0.05) is 19.8 Å². The van der Waals surface area contributed by atoms with Crippen LogP contribution >= 0.6 is 0 Å². The molecule has 3 heteroatoms. The van der Waals surface area contributed by atoms with Gasteiger partial charge in [0.1, 0.15) is 0 Å². The quantitative estimate of drug-likeness (QED) is 0.724. The van der Waals surface area contributed by atoms with Gasteiger partial charge < -0.3 is 14.8 Å². The van der Waals surface area contributed by atoms with Gasteiger partial charge >= 0.3 is 0 Å². The molecule has 15 heavy (non-hydrogen) atoms. The second-order valence-corrected chi connectivity index (χ2v) is 4.92. The van der Waals surface area contributed by atoms with Gasteiger partial charge in [-0.25, -0.2) is 0 Å². The van der Waals surface area contributed by atoms with Crippen LogP contribution < -0.4 is 5.32 Å². The Morgan fingerprint density at radius 1 is 1.33 bits per heavy atom. The van der Waals surface area contributed by atoms with Crippen LogP contribution in [0, 0.1) is 11.8 Å². The molecule has 3 nitrogen and oxygen atoms in total. The van der Waals surface area contributed by atoms with E-state index in [0.717, 1.165) is 31.4 Å². The van der Waals surface area contributed by atoms with E-state index in [2.05, 4.69) is 12.2 Å². The van der Waals surface area contributed by atoms with Crippen molar-refractivity contribution in [1.29, 1.82) is 0 Å². The van der Waals surface area contributed by atoms with E-state index in [1.165, 1.54) is 6.42 Å². The summed E-state index contributed by atoms with van der Waals surface area (Å²) in [6.07, 6.45) is 3.08. The van der Waals surface area contributed by atoms with Crippen molar-refractivity contribution < 1.29 is 9.47 Å². The van der Waals surface area contributed by atoms with Crippen LogP contribution in [0.5, 0.6) is 0 Å². The monoisotopic (exact) mass is 213 g/mol. The summed E-state index contributed by atoms with van der Waals surface area (Å²) >= 11 is 0. The van der Waals surface area contributed by atoms with E-state index in [1.54, 1.807) is 7.11 Å². The molecule has 0 spiro atoms. The highest BCUT2D eigenvalue weighted by molar-refractivity contribution is 4.98. The lowest BCUT2D eigenvalue weighted by molar-refractivity contribution is -0.131. The van der Waals surface area contributed by atoms with Crippen LogP contribution in [0.25, 0.3) is 0 Å².